The van der Waals surface area contributed by atoms with Crippen molar-refractivity contribution in [2.24, 2.45) is 0 Å². The Kier molecular flexibility index (Phi) is 4.20. The van der Waals surface area contributed by atoms with Crippen LogP contribution in [0.5, 0.6) is 0 Å². The number of pyridine rings is 1. The molecule has 0 amide bonds. The normalized spacial score (nSPS) is 14.7. The van der Waals surface area contributed by atoms with Gasteiger partial charge in [-0.3, -0.25) is 0 Å². The van der Waals surface area contributed by atoms with Gasteiger partial charge in [0.25, 0.3) is 0 Å². The topological polar surface area (TPSA) is 28.2 Å². The Labute approximate surface area is 127 Å². The standard InChI is InChI=1S/C18H23N3/c1-14-10-15(11-19-2)12-20-18(14)21-9-5-8-16-6-3-4-7-17(16)13-21/h3-4,6-7,10,12,19H,5,8-9,11,13H2,1-2H3. The molecule has 0 radical (unpaired) electrons. The molecule has 1 aliphatic rings. The third kappa shape index (κ3) is 3.08. The van der Waals surface area contributed by atoms with Crippen LogP contribution in [0, 0.1) is 6.92 Å². The molecule has 1 aromatic carbocycles. The number of nitrogens with one attached hydrogen (secondary N) is 1. The van der Waals surface area contributed by atoms with Crippen molar-refractivity contribution in [3.63, 3.8) is 0 Å². The van der Waals surface area contributed by atoms with Crippen molar-refractivity contribution in [2.75, 3.05) is 18.5 Å². The van der Waals surface area contributed by atoms with Crippen molar-refractivity contribution in [1.82, 2.24) is 10.3 Å². The van der Waals surface area contributed by atoms with Gasteiger partial charge in [-0.15, -0.1) is 0 Å². The molecule has 0 atom stereocenters. The predicted octanol–water partition coefficient (Wildman–Crippen LogP) is 3.06. The SMILES string of the molecule is CNCc1cnc(N2CCCc3ccccc3C2)c(C)c1. The predicted molar refractivity (Wildman–Crippen MR) is 87.6 cm³/mol. The highest BCUT2D eigenvalue weighted by molar-refractivity contribution is 5.49. The van der Waals surface area contributed by atoms with Crippen LogP contribution in [-0.4, -0.2) is 18.6 Å². The first kappa shape index (κ1) is 14.1. The first-order valence-electron chi connectivity index (χ1n) is 7.70. The number of fused-ring (bicyclic) bond motifs is 1. The highest BCUT2D eigenvalue weighted by atomic mass is 15.2. The van der Waals surface area contributed by atoms with E-state index >= 15 is 0 Å². The lowest BCUT2D eigenvalue weighted by Crippen LogP contribution is -2.24. The quantitative estimate of drug-likeness (QED) is 0.937. The Morgan fingerprint density at radius 3 is 2.81 bits per heavy atom. The molecule has 110 valence electrons. The van der Waals surface area contributed by atoms with E-state index in [4.69, 9.17) is 4.98 Å². The molecule has 1 aliphatic heterocycles. The number of aryl methyl sites for hydroxylation is 2. The molecule has 21 heavy (non-hydrogen) atoms. The van der Waals surface area contributed by atoms with Crippen LogP contribution in [0.3, 0.4) is 0 Å². The molecule has 0 saturated heterocycles. The summed E-state index contributed by atoms with van der Waals surface area (Å²) in [5.74, 6) is 1.13. The van der Waals surface area contributed by atoms with Gasteiger partial charge in [-0.2, -0.15) is 0 Å². The summed E-state index contributed by atoms with van der Waals surface area (Å²) in [6, 6.07) is 11.0. The second-order valence-electron chi connectivity index (χ2n) is 5.81. The van der Waals surface area contributed by atoms with Crippen molar-refractivity contribution in [3.8, 4) is 0 Å². The first-order valence-corrected chi connectivity index (χ1v) is 7.70. The molecule has 0 aliphatic carbocycles. The minimum Gasteiger partial charge on any atom is -0.352 e. The molecule has 0 fully saturated rings. The molecule has 3 nitrogen and oxygen atoms in total. The molecule has 2 aromatic rings. The van der Waals surface area contributed by atoms with Crippen molar-refractivity contribution < 1.29 is 0 Å². The van der Waals surface area contributed by atoms with Gasteiger partial charge in [-0.25, -0.2) is 4.98 Å². The minimum atomic E-state index is 0.872. The van der Waals surface area contributed by atoms with Crippen LogP contribution >= 0.6 is 0 Å². The van der Waals surface area contributed by atoms with Crippen molar-refractivity contribution in [3.05, 3.63) is 58.8 Å². The molecule has 0 unspecified atom stereocenters. The van der Waals surface area contributed by atoms with Gasteiger partial charge in [0.1, 0.15) is 5.82 Å². The van der Waals surface area contributed by atoms with Crippen molar-refractivity contribution in [2.45, 2.75) is 32.9 Å². The number of hydrogen-bond donors (Lipinski definition) is 1. The van der Waals surface area contributed by atoms with Gasteiger partial charge in [0.2, 0.25) is 0 Å². The summed E-state index contributed by atoms with van der Waals surface area (Å²) in [5.41, 5.74) is 5.44. The first-order chi connectivity index (χ1) is 10.3. The maximum Gasteiger partial charge on any atom is 0.131 e. The Balaban J connectivity index is 1.87. The number of aromatic nitrogens is 1. The van der Waals surface area contributed by atoms with E-state index in [1.807, 2.05) is 13.2 Å². The zero-order valence-electron chi connectivity index (χ0n) is 12.9. The van der Waals surface area contributed by atoms with Crippen molar-refractivity contribution in [1.29, 1.82) is 0 Å². The van der Waals surface area contributed by atoms with Crippen LogP contribution in [0.15, 0.2) is 36.5 Å². The smallest absolute Gasteiger partial charge is 0.131 e. The summed E-state index contributed by atoms with van der Waals surface area (Å²) in [6.07, 6.45) is 4.36. The Hall–Kier alpha value is -1.87. The number of nitrogens with zero attached hydrogens (tertiary/aromatic N) is 2. The largest absolute Gasteiger partial charge is 0.352 e. The van der Waals surface area contributed by atoms with Gasteiger partial charge in [0.05, 0.1) is 0 Å². The molecule has 2 heterocycles. The van der Waals surface area contributed by atoms with E-state index in [1.54, 1.807) is 0 Å². The summed E-state index contributed by atoms with van der Waals surface area (Å²) < 4.78 is 0. The molecular formula is C18H23N3. The summed E-state index contributed by atoms with van der Waals surface area (Å²) in [7, 11) is 1.97. The van der Waals surface area contributed by atoms with Gasteiger partial charge in [0.15, 0.2) is 0 Å². The van der Waals surface area contributed by atoms with Gasteiger partial charge in [-0.05, 0) is 55.1 Å². The number of benzene rings is 1. The zero-order chi connectivity index (χ0) is 14.7. The third-order valence-corrected chi connectivity index (χ3v) is 4.14. The summed E-state index contributed by atoms with van der Waals surface area (Å²) in [6.45, 7) is 5.08. The fourth-order valence-electron chi connectivity index (χ4n) is 3.14. The minimum absolute atomic E-state index is 0.872. The second-order valence-corrected chi connectivity index (χ2v) is 5.81. The molecule has 3 rings (SSSR count). The zero-order valence-corrected chi connectivity index (χ0v) is 12.9. The molecular weight excluding hydrogens is 258 g/mol. The molecule has 3 heteroatoms. The monoisotopic (exact) mass is 281 g/mol. The molecule has 0 bridgehead atoms. The number of anilines is 1. The lowest BCUT2D eigenvalue weighted by atomic mass is 10.0. The summed E-state index contributed by atoms with van der Waals surface area (Å²) in [4.78, 5) is 7.14. The average molecular weight is 281 g/mol. The molecule has 0 saturated carbocycles. The highest BCUT2D eigenvalue weighted by Crippen LogP contribution is 2.25. The van der Waals surface area contributed by atoms with E-state index in [1.165, 1.54) is 35.1 Å². The second kappa shape index (κ2) is 6.27. The molecule has 1 N–H and O–H groups in total. The Morgan fingerprint density at radius 1 is 1.24 bits per heavy atom. The van der Waals surface area contributed by atoms with Crippen molar-refractivity contribution >= 4 is 5.82 Å². The van der Waals surface area contributed by atoms with Gasteiger partial charge in [0, 0.05) is 25.8 Å². The number of rotatable bonds is 3. The van der Waals surface area contributed by atoms with Gasteiger partial charge >= 0.3 is 0 Å². The highest BCUT2D eigenvalue weighted by Gasteiger charge is 2.16. The Morgan fingerprint density at radius 2 is 2.05 bits per heavy atom. The number of hydrogen-bond acceptors (Lipinski definition) is 3. The molecule has 1 aromatic heterocycles. The van der Waals surface area contributed by atoms with E-state index in [2.05, 4.69) is 47.5 Å². The van der Waals surface area contributed by atoms with E-state index in [0.717, 1.165) is 25.5 Å². The maximum atomic E-state index is 4.72. The maximum absolute atomic E-state index is 4.72. The van der Waals surface area contributed by atoms with E-state index in [0.29, 0.717) is 0 Å². The van der Waals surface area contributed by atoms with Gasteiger partial charge in [-0.1, -0.05) is 24.3 Å². The van der Waals surface area contributed by atoms with Crippen LogP contribution < -0.4 is 10.2 Å². The van der Waals surface area contributed by atoms with Crippen LogP contribution in [0.2, 0.25) is 0 Å². The molecule has 0 spiro atoms. The van der Waals surface area contributed by atoms with E-state index in [9.17, 15) is 0 Å². The fourth-order valence-corrected chi connectivity index (χ4v) is 3.14. The summed E-state index contributed by atoms with van der Waals surface area (Å²) in [5, 5.41) is 3.18. The van der Waals surface area contributed by atoms with Gasteiger partial charge < -0.3 is 10.2 Å². The fraction of sp³-hybridized carbons (Fsp3) is 0.389. The van der Waals surface area contributed by atoms with E-state index in [-0.39, 0.29) is 0 Å². The summed E-state index contributed by atoms with van der Waals surface area (Å²) >= 11 is 0. The van der Waals surface area contributed by atoms with Crippen LogP contribution in [0.25, 0.3) is 0 Å². The lowest BCUT2D eigenvalue weighted by molar-refractivity contribution is 0.748. The van der Waals surface area contributed by atoms with Crippen LogP contribution in [0.1, 0.15) is 28.7 Å². The lowest BCUT2D eigenvalue weighted by Gasteiger charge is -2.24. The van der Waals surface area contributed by atoms with Crippen LogP contribution in [-0.2, 0) is 19.5 Å². The average Bonchev–Trinajstić information content (AvgIpc) is 2.70. The Bertz CT molecular complexity index is 622. The van der Waals surface area contributed by atoms with E-state index < -0.39 is 0 Å². The third-order valence-electron chi connectivity index (χ3n) is 4.14. The van der Waals surface area contributed by atoms with Crippen LogP contribution in [0.4, 0.5) is 5.82 Å².